The molecule has 0 aromatic heterocycles. The fraction of sp³-hybridized carbons (Fsp3) is 0.111. The molecule has 0 aliphatic carbocycles. The van der Waals surface area contributed by atoms with Crippen molar-refractivity contribution in [2.45, 2.75) is 0 Å². The van der Waals surface area contributed by atoms with E-state index in [1.165, 1.54) is 11.1 Å². The van der Waals surface area contributed by atoms with Crippen LogP contribution in [0.2, 0.25) is 0 Å². The third kappa shape index (κ3) is 3.84. The summed E-state index contributed by atoms with van der Waals surface area (Å²) in [7, 11) is 0. The first-order valence-corrected chi connectivity index (χ1v) is 6.70. The number of ether oxygens (including phenoxy) is 2. The maximum atomic E-state index is 5.34. The van der Waals surface area contributed by atoms with Crippen LogP contribution in [-0.2, 0) is 0 Å². The number of benzene rings is 2. The van der Waals surface area contributed by atoms with Crippen molar-refractivity contribution >= 4 is 22.3 Å². The van der Waals surface area contributed by atoms with Gasteiger partial charge in [0.1, 0.15) is 24.7 Å². The third-order valence-corrected chi connectivity index (χ3v) is 3.10. The molecule has 2 aliphatic heterocycles. The van der Waals surface area contributed by atoms with E-state index in [0.29, 0.717) is 13.2 Å². The molecule has 0 fully saturated rings. The van der Waals surface area contributed by atoms with E-state index in [9.17, 15) is 0 Å². The second-order valence-electron chi connectivity index (χ2n) is 4.50. The SMILES string of the molecule is C1=Cc2ccccc2OC1.C1=Cc2ccccc2OC1.[BeH2]. The number of rotatable bonds is 0. The Hall–Kier alpha value is -2.31. The Labute approximate surface area is 128 Å². The summed E-state index contributed by atoms with van der Waals surface area (Å²) in [5.74, 6) is 1.98. The van der Waals surface area contributed by atoms with Crippen LogP contribution in [0.4, 0.5) is 0 Å². The molecular formula is C18H18BeO2. The van der Waals surface area contributed by atoms with Gasteiger partial charge in [0.15, 0.2) is 0 Å². The van der Waals surface area contributed by atoms with Crippen molar-refractivity contribution in [3.8, 4) is 11.5 Å². The number of para-hydroxylation sites is 2. The standard InChI is InChI=1S/2C9H8O.Be.2H/c2*1-2-6-9-8(4-1)5-3-7-10-9;;;/h2*1-6H,7H2;;;. The summed E-state index contributed by atoms with van der Waals surface area (Å²) in [6, 6.07) is 16.1. The van der Waals surface area contributed by atoms with Crippen LogP contribution in [0.25, 0.3) is 12.2 Å². The van der Waals surface area contributed by atoms with Crippen LogP contribution < -0.4 is 9.47 Å². The van der Waals surface area contributed by atoms with Crippen molar-refractivity contribution in [3.05, 3.63) is 71.8 Å². The number of hydrogen-bond donors (Lipinski definition) is 0. The molecule has 2 aromatic rings. The zero-order valence-electron chi connectivity index (χ0n) is 11.2. The number of hydrogen-bond acceptors (Lipinski definition) is 2. The van der Waals surface area contributed by atoms with Crippen LogP contribution in [0.5, 0.6) is 11.5 Å². The summed E-state index contributed by atoms with van der Waals surface area (Å²) in [5, 5.41) is 0. The Morgan fingerprint density at radius 2 is 1.05 bits per heavy atom. The van der Waals surface area contributed by atoms with Gasteiger partial charge in [0, 0.05) is 11.1 Å². The molecular weight excluding hydrogens is 257 g/mol. The van der Waals surface area contributed by atoms with Crippen molar-refractivity contribution in [2.75, 3.05) is 13.2 Å². The molecule has 0 N–H and O–H groups in total. The van der Waals surface area contributed by atoms with E-state index in [0.717, 1.165) is 11.5 Å². The molecule has 0 atom stereocenters. The zero-order chi connectivity index (χ0) is 13.6. The van der Waals surface area contributed by atoms with Crippen molar-refractivity contribution < 1.29 is 9.47 Å². The van der Waals surface area contributed by atoms with Gasteiger partial charge in [-0.25, -0.2) is 0 Å². The fourth-order valence-corrected chi connectivity index (χ4v) is 2.13. The normalized spacial score (nSPS) is 13.3. The van der Waals surface area contributed by atoms with Gasteiger partial charge >= 0.3 is 10.1 Å². The van der Waals surface area contributed by atoms with Gasteiger partial charge in [-0.2, -0.15) is 0 Å². The quantitative estimate of drug-likeness (QED) is 0.687. The molecule has 0 bridgehead atoms. The Kier molecular flexibility index (Phi) is 5.36. The van der Waals surface area contributed by atoms with Crippen molar-refractivity contribution in [2.24, 2.45) is 0 Å². The zero-order valence-corrected chi connectivity index (χ0v) is 11.2. The van der Waals surface area contributed by atoms with Crippen molar-refractivity contribution in [3.63, 3.8) is 0 Å². The summed E-state index contributed by atoms with van der Waals surface area (Å²) < 4.78 is 10.7. The van der Waals surface area contributed by atoms with Gasteiger partial charge in [0.05, 0.1) is 0 Å². The first-order valence-electron chi connectivity index (χ1n) is 6.70. The van der Waals surface area contributed by atoms with E-state index in [2.05, 4.69) is 12.2 Å². The minimum absolute atomic E-state index is 0. The molecule has 0 amide bonds. The van der Waals surface area contributed by atoms with Gasteiger partial charge in [0.25, 0.3) is 0 Å². The molecule has 2 heterocycles. The minimum atomic E-state index is 0. The molecule has 21 heavy (non-hydrogen) atoms. The molecule has 2 nitrogen and oxygen atoms in total. The molecule has 3 heteroatoms. The molecule has 4 rings (SSSR count). The molecule has 2 aromatic carbocycles. The first-order chi connectivity index (χ1) is 9.93. The van der Waals surface area contributed by atoms with Crippen LogP contribution in [0.15, 0.2) is 60.7 Å². The van der Waals surface area contributed by atoms with Gasteiger partial charge in [-0.15, -0.1) is 0 Å². The third-order valence-electron chi connectivity index (χ3n) is 3.10. The maximum absolute atomic E-state index is 5.34. The van der Waals surface area contributed by atoms with E-state index in [1.807, 2.05) is 60.7 Å². The number of fused-ring (bicyclic) bond motifs is 2. The van der Waals surface area contributed by atoms with E-state index in [-0.39, 0.29) is 10.1 Å². The van der Waals surface area contributed by atoms with Gasteiger partial charge in [-0.1, -0.05) is 48.6 Å². The fourth-order valence-electron chi connectivity index (χ4n) is 2.13. The molecule has 0 saturated heterocycles. The molecule has 2 aliphatic rings. The van der Waals surface area contributed by atoms with Crippen molar-refractivity contribution in [1.82, 2.24) is 0 Å². The van der Waals surface area contributed by atoms with Crippen LogP contribution in [0.1, 0.15) is 11.1 Å². The monoisotopic (exact) mass is 275 g/mol. The van der Waals surface area contributed by atoms with Gasteiger partial charge in [-0.3, -0.25) is 0 Å². The molecule has 0 saturated carbocycles. The van der Waals surface area contributed by atoms with Crippen LogP contribution in [0, 0.1) is 0 Å². The van der Waals surface area contributed by atoms with E-state index < -0.39 is 0 Å². The Morgan fingerprint density at radius 1 is 0.619 bits per heavy atom. The van der Waals surface area contributed by atoms with Gasteiger partial charge in [0.2, 0.25) is 0 Å². The van der Waals surface area contributed by atoms with Crippen molar-refractivity contribution in [1.29, 1.82) is 0 Å². The second-order valence-corrected chi connectivity index (χ2v) is 4.50. The molecule has 104 valence electrons. The second kappa shape index (κ2) is 7.47. The van der Waals surface area contributed by atoms with Crippen LogP contribution in [0.3, 0.4) is 0 Å². The summed E-state index contributed by atoms with van der Waals surface area (Å²) in [4.78, 5) is 0. The first kappa shape index (κ1) is 15.1. The summed E-state index contributed by atoms with van der Waals surface area (Å²) in [5.41, 5.74) is 2.35. The van der Waals surface area contributed by atoms with E-state index in [4.69, 9.17) is 9.47 Å². The average Bonchev–Trinajstić information content (AvgIpc) is 2.56. The van der Waals surface area contributed by atoms with Gasteiger partial charge in [-0.05, 0) is 24.3 Å². The Balaban J connectivity index is 0.000000147. The molecule has 0 unspecified atom stereocenters. The average molecular weight is 275 g/mol. The molecule has 0 radical (unpaired) electrons. The Bertz CT molecular complexity index is 590. The summed E-state index contributed by atoms with van der Waals surface area (Å²) >= 11 is 0. The van der Waals surface area contributed by atoms with Gasteiger partial charge < -0.3 is 9.47 Å². The summed E-state index contributed by atoms with van der Waals surface area (Å²) in [6.45, 7) is 1.41. The molecule has 0 spiro atoms. The topological polar surface area (TPSA) is 18.5 Å². The van der Waals surface area contributed by atoms with Crippen LogP contribution >= 0.6 is 0 Å². The Morgan fingerprint density at radius 3 is 1.48 bits per heavy atom. The predicted octanol–water partition coefficient (Wildman–Crippen LogP) is 3.27. The van der Waals surface area contributed by atoms with Crippen LogP contribution in [-0.4, -0.2) is 23.3 Å². The van der Waals surface area contributed by atoms with E-state index >= 15 is 0 Å². The van der Waals surface area contributed by atoms with E-state index in [1.54, 1.807) is 0 Å². The predicted molar refractivity (Wildman–Crippen MR) is 90.5 cm³/mol. The summed E-state index contributed by atoms with van der Waals surface area (Å²) in [6.07, 6.45) is 8.20.